The van der Waals surface area contributed by atoms with Crippen LogP contribution < -0.4 is 5.32 Å². The van der Waals surface area contributed by atoms with Gasteiger partial charge in [-0.2, -0.15) is 11.8 Å². The Hall–Kier alpha value is -1.42. The SMILES string of the molecule is O=C(NC1CCSCC1)c1cc2ccccc2[nH]1. The van der Waals surface area contributed by atoms with Gasteiger partial charge < -0.3 is 10.3 Å². The number of amides is 1. The average Bonchev–Trinajstić information content (AvgIpc) is 2.84. The van der Waals surface area contributed by atoms with Crippen molar-refractivity contribution in [2.45, 2.75) is 18.9 Å². The molecule has 2 N–H and O–H groups in total. The van der Waals surface area contributed by atoms with Gasteiger partial charge in [0.15, 0.2) is 0 Å². The van der Waals surface area contributed by atoms with Crippen LogP contribution in [0.1, 0.15) is 23.3 Å². The molecule has 3 rings (SSSR count). The Balaban J connectivity index is 1.74. The molecule has 0 saturated carbocycles. The standard InChI is InChI=1S/C14H16N2OS/c17-14(15-11-5-7-18-8-6-11)13-9-10-3-1-2-4-12(10)16-13/h1-4,9,11,16H,5-8H2,(H,15,17). The summed E-state index contributed by atoms with van der Waals surface area (Å²) in [7, 11) is 0. The zero-order chi connectivity index (χ0) is 12.4. The van der Waals surface area contributed by atoms with Gasteiger partial charge in [0.1, 0.15) is 5.69 Å². The van der Waals surface area contributed by atoms with Crippen molar-refractivity contribution in [3.05, 3.63) is 36.0 Å². The minimum absolute atomic E-state index is 0.0168. The molecule has 18 heavy (non-hydrogen) atoms. The van der Waals surface area contributed by atoms with Crippen molar-refractivity contribution < 1.29 is 4.79 Å². The second kappa shape index (κ2) is 5.06. The maximum absolute atomic E-state index is 12.1. The van der Waals surface area contributed by atoms with Crippen LogP contribution in [-0.2, 0) is 0 Å². The third-order valence-electron chi connectivity index (χ3n) is 3.33. The highest BCUT2D eigenvalue weighted by molar-refractivity contribution is 7.99. The lowest BCUT2D eigenvalue weighted by molar-refractivity contribution is 0.0930. The van der Waals surface area contributed by atoms with E-state index >= 15 is 0 Å². The molecule has 1 aromatic heterocycles. The lowest BCUT2D eigenvalue weighted by atomic mass is 10.1. The maximum Gasteiger partial charge on any atom is 0.267 e. The Labute approximate surface area is 110 Å². The van der Waals surface area contributed by atoms with E-state index in [1.54, 1.807) is 0 Å². The molecule has 94 valence electrons. The molecule has 2 heterocycles. The molecule has 0 atom stereocenters. The van der Waals surface area contributed by atoms with E-state index in [4.69, 9.17) is 0 Å². The molecule has 0 spiro atoms. The summed E-state index contributed by atoms with van der Waals surface area (Å²) in [5.74, 6) is 2.32. The molecular weight excluding hydrogens is 244 g/mol. The highest BCUT2D eigenvalue weighted by atomic mass is 32.2. The van der Waals surface area contributed by atoms with Crippen molar-refractivity contribution >= 4 is 28.6 Å². The van der Waals surface area contributed by atoms with Crippen molar-refractivity contribution in [1.29, 1.82) is 0 Å². The molecule has 4 heteroatoms. The molecule has 1 aromatic carbocycles. The molecule has 3 nitrogen and oxygen atoms in total. The number of rotatable bonds is 2. The maximum atomic E-state index is 12.1. The van der Waals surface area contributed by atoms with E-state index in [1.807, 2.05) is 42.1 Å². The zero-order valence-corrected chi connectivity index (χ0v) is 10.9. The molecule has 0 aliphatic carbocycles. The number of H-pyrrole nitrogens is 1. The quantitative estimate of drug-likeness (QED) is 0.872. The number of benzene rings is 1. The number of hydrogen-bond acceptors (Lipinski definition) is 2. The highest BCUT2D eigenvalue weighted by Gasteiger charge is 2.17. The largest absolute Gasteiger partial charge is 0.351 e. The molecule has 1 fully saturated rings. The molecule has 0 unspecified atom stereocenters. The van der Waals surface area contributed by atoms with E-state index in [-0.39, 0.29) is 5.91 Å². The number of aromatic nitrogens is 1. The number of nitrogens with one attached hydrogen (secondary N) is 2. The first-order valence-corrected chi connectivity index (χ1v) is 7.45. The van der Waals surface area contributed by atoms with E-state index in [9.17, 15) is 4.79 Å². The van der Waals surface area contributed by atoms with E-state index in [2.05, 4.69) is 10.3 Å². The third-order valence-corrected chi connectivity index (χ3v) is 4.38. The third kappa shape index (κ3) is 2.38. The number of carbonyl (C=O) groups is 1. The van der Waals surface area contributed by atoms with Crippen LogP contribution in [0.5, 0.6) is 0 Å². The molecule has 2 aromatic rings. The topological polar surface area (TPSA) is 44.9 Å². The Morgan fingerprint density at radius 1 is 1.28 bits per heavy atom. The van der Waals surface area contributed by atoms with Crippen LogP contribution in [0.15, 0.2) is 30.3 Å². The van der Waals surface area contributed by atoms with Gasteiger partial charge >= 0.3 is 0 Å². The number of hydrogen-bond donors (Lipinski definition) is 2. The minimum Gasteiger partial charge on any atom is -0.351 e. The van der Waals surface area contributed by atoms with Crippen LogP contribution in [0, 0.1) is 0 Å². The number of aromatic amines is 1. The highest BCUT2D eigenvalue weighted by Crippen LogP contribution is 2.18. The Bertz CT molecular complexity index is 525. The fraction of sp³-hybridized carbons (Fsp3) is 0.357. The van der Waals surface area contributed by atoms with Crippen molar-refractivity contribution in [2.24, 2.45) is 0 Å². The summed E-state index contributed by atoms with van der Waals surface area (Å²) in [5, 5.41) is 4.20. The minimum atomic E-state index is 0.0168. The predicted molar refractivity (Wildman–Crippen MR) is 76.1 cm³/mol. The Morgan fingerprint density at radius 2 is 2.06 bits per heavy atom. The smallest absolute Gasteiger partial charge is 0.267 e. The van der Waals surface area contributed by atoms with Gasteiger partial charge in [-0.25, -0.2) is 0 Å². The van der Waals surface area contributed by atoms with Gasteiger partial charge in [-0.1, -0.05) is 18.2 Å². The lowest BCUT2D eigenvalue weighted by Crippen LogP contribution is -2.37. The second-order valence-electron chi connectivity index (χ2n) is 4.63. The fourth-order valence-corrected chi connectivity index (χ4v) is 3.41. The molecule has 1 saturated heterocycles. The van der Waals surface area contributed by atoms with Gasteiger partial charge in [0.2, 0.25) is 0 Å². The first kappa shape index (κ1) is 11.7. The Kier molecular flexibility index (Phi) is 3.28. The number of thioether (sulfide) groups is 1. The van der Waals surface area contributed by atoms with Crippen molar-refractivity contribution in [3.63, 3.8) is 0 Å². The average molecular weight is 260 g/mol. The van der Waals surface area contributed by atoms with Gasteiger partial charge in [0, 0.05) is 16.9 Å². The van der Waals surface area contributed by atoms with Crippen LogP contribution in [-0.4, -0.2) is 28.4 Å². The summed E-state index contributed by atoms with van der Waals surface area (Å²) >= 11 is 1.97. The number of para-hydroxylation sites is 1. The first-order chi connectivity index (χ1) is 8.83. The van der Waals surface area contributed by atoms with E-state index < -0.39 is 0 Å². The summed E-state index contributed by atoms with van der Waals surface area (Å²) < 4.78 is 0. The van der Waals surface area contributed by atoms with Gasteiger partial charge in [-0.3, -0.25) is 4.79 Å². The van der Waals surface area contributed by atoms with Gasteiger partial charge in [0.25, 0.3) is 5.91 Å². The first-order valence-electron chi connectivity index (χ1n) is 6.29. The monoisotopic (exact) mass is 260 g/mol. The van der Waals surface area contributed by atoms with Crippen LogP contribution in [0.4, 0.5) is 0 Å². The molecule has 0 radical (unpaired) electrons. The number of fused-ring (bicyclic) bond motifs is 1. The number of carbonyl (C=O) groups excluding carboxylic acids is 1. The molecule has 0 bridgehead atoms. The lowest BCUT2D eigenvalue weighted by Gasteiger charge is -2.22. The van der Waals surface area contributed by atoms with Gasteiger partial charge in [-0.05, 0) is 36.5 Å². The van der Waals surface area contributed by atoms with E-state index in [0.29, 0.717) is 11.7 Å². The molecular formula is C14H16N2OS. The van der Waals surface area contributed by atoms with Crippen LogP contribution >= 0.6 is 11.8 Å². The molecule has 1 amide bonds. The molecule has 1 aliphatic rings. The van der Waals surface area contributed by atoms with Crippen LogP contribution in [0.3, 0.4) is 0 Å². The summed E-state index contributed by atoms with van der Waals surface area (Å²) in [6.45, 7) is 0. The summed E-state index contributed by atoms with van der Waals surface area (Å²) in [5.41, 5.74) is 1.68. The van der Waals surface area contributed by atoms with Gasteiger partial charge in [-0.15, -0.1) is 0 Å². The van der Waals surface area contributed by atoms with Crippen molar-refractivity contribution in [1.82, 2.24) is 10.3 Å². The fourth-order valence-electron chi connectivity index (χ4n) is 2.30. The Morgan fingerprint density at radius 3 is 2.83 bits per heavy atom. The summed E-state index contributed by atoms with van der Waals surface area (Å²) in [4.78, 5) is 15.3. The van der Waals surface area contributed by atoms with Crippen molar-refractivity contribution in [2.75, 3.05) is 11.5 Å². The predicted octanol–water partition coefficient (Wildman–Crippen LogP) is 2.79. The summed E-state index contributed by atoms with van der Waals surface area (Å²) in [6.07, 6.45) is 2.16. The van der Waals surface area contributed by atoms with E-state index in [0.717, 1.165) is 35.3 Å². The molecule has 1 aliphatic heterocycles. The summed E-state index contributed by atoms with van der Waals surface area (Å²) in [6, 6.07) is 10.2. The van der Waals surface area contributed by atoms with Crippen molar-refractivity contribution in [3.8, 4) is 0 Å². The zero-order valence-electron chi connectivity index (χ0n) is 10.1. The normalized spacial score (nSPS) is 16.9. The van der Waals surface area contributed by atoms with Crippen LogP contribution in [0.2, 0.25) is 0 Å². The van der Waals surface area contributed by atoms with Gasteiger partial charge in [0.05, 0.1) is 0 Å². The van der Waals surface area contributed by atoms with Crippen LogP contribution in [0.25, 0.3) is 10.9 Å². The van der Waals surface area contributed by atoms with E-state index in [1.165, 1.54) is 0 Å². The second-order valence-corrected chi connectivity index (χ2v) is 5.86.